The summed E-state index contributed by atoms with van der Waals surface area (Å²) in [6.45, 7) is 3.98. The molecule has 0 aromatic carbocycles. The van der Waals surface area contributed by atoms with E-state index in [0.29, 0.717) is 5.15 Å². The topological polar surface area (TPSA) is 51.2 Å². The molecule has 1 atom stereocenters. The van der Waals surface area contributed by atoms with Crippen LogP contribution in [0.2, 0.25) is 5.15 Å². The number of esters is 1. The summed E-state index contributed by atoms with van der Waals surface area (Å²) in [5.74, 6) is 5.91. The van der Waals surface area contributed by atoms with Gasteiger partial charge in [-0.25, -0.2) is 9.78 Å². The second-order valence-electron chi connectivity index (χ2n) is 5.23. The Labute approximate surface area is 147 Å². The van der Waals surface area contributed by atoms with Crippen LogP contribution in [0.1, 0.15) is 31.4 Å². The number of pyridine rings is 1. The van der Waals surface area contributed by atoms with Crippen LogP contribution in [-0.4, -0.2) is 24.1 Å². The first-order chi connectivity index (χ1) is 11.5. The van der Waals surface area contributed by atoms with Crippen LogP contribution >= 0.6 is 11.6 Å². The van der Waals surface area contributed by atoms with E-state index < -0.39 is 6.04 Å². The minimum atomic E-state index is -0.471. The quantitative estimate of drug-likeness (QED) is 0.519. The second kappa shape index (κ2) is 8.37. The smallest absolute Gasteiger partial charge is 0.332 e. The Morgan fingerprint density at radius 1 is 1.50 bits per heavy atom. The van der Waals surface area contributed by atoms with Crippen molar-refractivity contribution in [3.63, 3.8) is 0 Å². The minimum absolute atomic E-state index is 0.327. The Morgan fingerprint density at radius 2 is 2.29 bits per heavy atom. The largest absolute Gasteiger partial charge is 0.467 e. The molecule has 2 rings (SSSR count). The molecule has 124 valence electrons. The van der Waals surface area contributed by atoms with Crippen molar-refractivity contribution in [2.45, 2.75) is 26.3 Å². The Bertz CT molecular complexity index is 782. The third-order valence-corrected chi connectivity index (χ3v) is 3.68. The highest BCUT2D eigenvalue weighted by Crippen LogP contribution is 2.17. The van der Waals surface area contributed by atoms with Crippen molar-refractivity contribution in [1.82, 2.24) is 10.3 Å². The number of allylic oxidation sites excluding steroid dienone is 3. The molecule has 1 N–H and O–H groups in total. The summed E-state index contributed by atoms with van der Waals surface area (Å²) in [6, 6.07) is 1.32. The average molecular weight is 343 g/mol. The summed E-state index contributed by atoms with van der Waals surface area (Å²) in [5, 5.41) is 3.42. The monoisotopic (exact) mass is 342 g/mol. The molecule has 0 amide bonds. The predicted octanol–water partition coefficient (Wildman–Crippen LogP) is 3.48. The lowest BCUT2D eigenvalue weighted by molar-refractivity contribution is -0.141. The molecule has 0 spiro atoms. The van der Waals surface area contributed by atoms with E-state index in [-0.39, 0.29) is 5.97 Å². The number of hydrogen-bond acceptors (Lipinski definition) is 4. The third kappa shape index (κ3) is 4.50. The van der Waals surface area contributed by atoms with E-state index in [4.69, 9.17) is 16.3 Å². The molecule has 0 aliphatic carbocycles. The standard InChI is InChI=1S/C19H19ClN2O2/c1-4-5-6-14-10-18(20)22-12-16(14)8-7-15-11-21-17(9-13(15)2)19(23)24-3/h5-6,9-12,17,21H,4H2,1-3H3/b6-5-. The van der Waals surface area contributed by atoms with Crippen LogP contribution in [0, 0.1) is 11.8 Å². The van der Waals surface area contributed by atoms with Gasteiger partial charge in [-0.2, -0.15) is 0 Å². The van der Waals surface area contributed by atoms with Crippen molar-refractivity contribution in [3.8, 4) is 11.8 Å². The highest BCUT2D eigenvalue weighted by atomic mass is 35.5. The lowest BCUT2D eigenvalue weighted by atomic mass is 10.0. The van der Waals surface area contributed by atoms with Crippen LogP contribution in [0.4, 0.5) is 0 Å². The average Bonchev–Trinajstić information content (AvgIpc) is 2.59. The fourth-order valence-corrected chi connectivity index (χ4v) is 2.30. The van der Waals surface area contributed by atoms with E-state index in [1.807, 2.05) is 19.1 Å². The van der Waals surface area contributed by atoms with Gasteiger partial charge in [-0.15, -0.1) is 0 Å². The van der Waals surface area contributed by atoms with E-state index in [2.05, 4.69) is 29.1 Å². The molecule has 0 fully saturated rings. The Kier molecular flexibility index (Phi) is 6.22. The number of aromatic nitrogens is 1. The van der Waals surface area contributed by atoms with Gasteiger partial charge in [0, 0.05) is 18.0 Å². The van der Waals surface area contributed by atoms with Crippen molar-refractivity contribution in [2.24, 2.45) is 0 Å². The molecule has 1 aliphatic rings. The maximum absolute atomic E-state index is 11.6. The number of nitrogens with zero attached hydrogens (tertiary/aromatic N) is 1. The van der Waals surface area contributed by atoms with Gasteiger partial charge in [0.05, 0.1) is 12.7 Å². The molecular formula is C19H19ClN2O2. The Hall–Kier alpha value is -2.51. The number of methoxy groups -OCH3 is 1. The van der Waals surface area contributed by atoms with Gasteiger partial charge in [0.25, 0.3) is 0 Å². The van der Waals surface area contributed by atoms with Gasteiger partial charge >= 0.3 is 5.97 Å². The highest BCUT2D eigenvalue weighted by molar-refractivity contribution is 6.29. The van der Waals surface area contributed by atoms with E-state index in [9.17, 15) is 4.79 Å². The molecule has 0 bridgehead atoms. The molecule has 5 heteroatoms. The zero-order valence-corrected chi connectivity index (χ0v) is 14.6. The van der Waals surface area contributed by atoms with Gasteiger partial charge in [0.2, 0.25) is 0 Å². The molecule has 4 nitrogen and oxygen atoms in total. The Morgan fingerprint density at radius 3 is 2.96 bits per heavy atom. The molecule has 0 saturated carbocycles. The molecule has 1 aromatic heterocycles. The zero-order valence-electron chi connectivity index (χ0n) is 13.9. The van der Waals surface area contributed by atoms with E-state index in [0.717, 1.165) is 28.7 Å². The molecule has 2 heterocycles. The molecule has 24 heavy (non-hydrogen) atoms. The summed E-state index contributed by atoms with van der Waals surface area (Å²) in [5.41, 5.74) is 3.47. The fourth-order valence-electron chi connectivity index (χ4n) is 2.14. The van der Waals surface area contributed by atoms with Gasteiger partial charge in [-0.1, -0.05) is 42.5 Å². The fraction of sp³-hybridized carbons (Fsp3) is 0.263. The third-order valence-electron chi connectivity index (χ3n) is 3.47. The van der Waals surface area contributed by atoms with Gasteiger partial charge in [0.1, 0.15) is 11.2 Å². The number of carbonyl (C=O) groups excluding carboxylic acids is 1. The van der Waals surface area contributed by atoms with Crippen LogP contribution in [-0.2, 0) is 9.53 Å². The van der Waals surface area contributed by atoms with Crippen molar-refractivity contribution in [1.29, 1.82) is 0 Å². The maximum Gasteiger partial charge on any atom is 0.332 e. The van der Waals surface area contributed by atoms with Gasteiger partial charge in [0.15, 0.2) is 0 Å². The number of hydrogen-bond donors (Lipinski definition) is 1. The first-order valence-electron chi connectivity index (χ1n) is 7.62. The number of rotatable bonds is 3. The normalized spacial score (nSPS) is 16.6. The van der Waals surface area contributed by atoms with Gasteiger partial charge in [-0.05, 0) is 36.6 Å². The first kappa shape index (κ1) is 17.8. The van der Waals surface area contributed by atoms with Crippen molar-refractivity contribution < 1.29 is 9.53 Å². The van der Waals surface area contributed by atoms with Crippen LogP contribution < -0.4 is 5.32 Å². The van der Waals surface area contributed by atoms with Crippen LogP contribution in [0.25, 0.3) is 6.08 Å². The maximum atomic E-state index is 11.6. The predicted molar refractivity (Wildman–Crippen MR) is 96.2 cm³/mol. The number of halogens is 1. The first-order valence-corrected chi connectivity index (χ1v) is 8.00. The lowest BCUT2D eigenvalue weighted by Gasteiger charge is -2.17. The van der Waals surface area contributed by atoms with Crippen LogP contribution in [0.5, 0.6) is 0 Å². The van der Waals surface area contributed by atoms with Crippen LogP contribution in [0.3, 0.4) is 0 Å². The highest BCUT2D eigenvalue weighted by Gasteiger charge is 2.19. The summed E-state index contributed by atoms with van der Waals surface area (Å²) >= 11 is 5.96. The molecule has 0 saturated heterocycles. The second-order valence-corrected chi connectivity index (χ2v) is 5.62. The number of carbonyl (C=O) groups is 1. The molecule has 1 unspecified atom stereocenters. The van der Waals surface area contributed by atoms with E-state index in [1.165, 1.54) is 7.11 Å². The van der Waals surface area contributed by atoms with Crippen molar-refractivity contribution in [2.75, 3.05) is 7.11 Å². The molecule has 1 aromatic rings. The summed E-state index contributed by atoms with van der Waals surface area (Å²) in [7, 11) is 1.37. The lowest BCUT2D eigenvalue weighted by Crippen LogP contribution is -2.34. The zero-order chi connectivity index (χ0) is 17.5. The summed E-state index contributed by atoms with van der Waals surface area (Å²) in [4.78, 5) is 15.6. The van der Waals surface area contributed by atoms with Gasteiger partial charge < -0.3 is 10.1 Å². The van der Waals surface area contributed by atoms with E-state index in [1.54, 1.807) is 24.5 Å². The number of nitrogens with one attached hydrogen (secondary N) is 1. The Balaban J connectivity index is 2.25. The van der Waals surface area contributed by atoms with Gasteiger partial charge in [-0.3, -0.25) is 0 Å². The summed E-state index contributed by atoms with van der Waals surface area (Å²) < 4.78 is 4.73. The van der Waals surface area contributed by atoms with Crippen molar-refractivity contribution >= 4 is 23.6 Å². The minimum Gasteiger partial charge on any atom is -0.467 e. The SMILES string of the molecule is CC/C=C\c1cc(Cl)ncc1C#CC1=CNC(C(=O)OC)C=C1C. The number of ether oxygens (including phenoxy) is 1. The van der Waals surface area contributed by atoms with Crippen LogP contribution in [0.15, 0.2) is 41.8 Å². The molecule has 1 aliphatic heterocycles. The molecular weight excluding hydrogens is 324 g/mol. The molecule has 0 radical (unpaired) electrons. The summed E-state index contributed by atoms with van der Waals surface area (Å²) in [6.07, 6.45) is 10.2. The van der Waals surface area contributed by atoms with E-state index >= 15 is 0 Å². The number of dihydropyridines is 1. The van der Waals surface area contributed by atoms with Crippen molar-refractivity contribution in [3.05, 3.63) is 58.0 Å².